The standard InChI is InChI=1S/C17H20N4O2/c1-4-7-13-15(9-18,10-19)16(11-20)12(6-3)17(22-13,8-5-2)23-14(16)21/h4,7,12-13,21H,5-6,8H2,1-3H3. The van der Waals surface area contributed by atoms with E-state index < -0.39 is 28.6 Å². The molecule has 120 valence electrons. The van der Waals surface area contributed by atoms with Gasteiger partial charge in [0.15, 0.2) is 5.41 Å². The van der Waals surface area contributed by atoms with Gasteiger partial charge in [-0.15, -0.1) is 0 Å². The molecule has 0 aromatic heterocycles. The molecule has 0 amide bonds. The summed E-state index contributed by atoms with van der Waals surface area (Å²) in [6.45, 7) is 5.58. The second-order valence-corrected chi connectivity index (χ2v) is 5.97. The lowest BCUT2D eigenvalue weighted by molar-refractivity contribution is -0.272. The van der Waals surface area contributed by atoms with Crippen molar-refractivity contribution < 1.29 is 9.47 Å². The van der Waals surface area contributed by atoms with Crippen molar-refractivity contribution in [2.75, 3.05) is 0 Å². The number of nitriles is 3. The van der Waals surface area contributed by atoms with Gasteiger partial charge < -0.3 is 9.47 Å². The molecule has 0 spiro atoms. The largest absolute Gasteiger partial charge is 0.447 e. The average molecular weight is 312 g/mol. The Morgan fingerprint density at radius 1 is 1.22 bits per heavy atom. The molecule has 2 heterocycles. The van der Waals surface area contributed by atoms with Crippen molar-refractivity contribution in [1.29, 1.82) is 21.2 Å². The molecule has 2 aliphatic heterocycles. The molecule has 0 saturated carbocycles. The zero-order valence-electron chi connectivity index (χ0n) is 13.6. The molecular weight excluding hydrogens is 292 g/mol. The predicted molar refractivity (Wildman–Crippen MR) is 81.6 cm³/mol. The Morgan fingerprint density at radius 3 is 2.30 bits per heavy atom. The number of nitrogens with one attached hydrogen (secondary N) is 1. The van der Waals surface area contributed by atoms with Gasteiger partial charge in [0, 0.05) is 6.42 Å². The third-order valence-corrected chi connectivity index (χ3v) is 4.96. The lowest BCUT2D eigenvalue weighted by Gasteiger charge is -2.48. The van der Waals surface area contributed by atoms with E-state index in [9.17, 15) is 15.8 Å². The summed E-state index contributed by atoms with van der Waals surface area (Å²) in [5.74, 6) is -1.99. The monoisotopic (exact) mass is 312 g/mol. The number of allylic oxidation sites excluding steroid dienone is 1. The van der Waals surface area contributed by atoms with E-state index in [1.807, 2.05) is 26.0 Å². The summed E-state index contributed by atoms with van der Waals surface area (Å²) in [5.41, 5.74) is -3.43. The minimum Gasteiger partial charge on any atom is -0.447 e. The number of ether oxygens (including phenoxy) is 2. The van der Waals surface area contributed by atoms with Gasteiger partial charge in [0.25, 0.3) is 0 Å². The summed E-state index contributed by atoms with van der Waals surface area (Å²) in [6, 6.07) is 6.11. The van der Waals surface area contributed by atoms with Crippen LogP contribution in [0.4, 0.5) is 0 Å². The highest BCUT2D eigenvalue weighted by atomic mass is 16.7. The molecule has 2 fully saturated rings. The van der Waals surface area contributed by atoms with Gasteiger partial charge in [-0.3, -0.25) is 5.41 Å². The van der Waals surface area contributed by atoms with Crippen molar-refractivity contribution >= 4 is 5.90 Å². The van der Waals surface area contributed by atoms with Crippen molar-refractivity contribution in [3.8, 4) is 18.2 Å². The topological polar surface area (TPSA) is 114 Å². The van der Waals surface area contributed by atoms with E-state index in [4.69, 9.17) is 14.9 Å². The Morgan fingerprint density at radius 2 is 1.87 bits per heavy atom. The van der Waals surface area contributed by atoms with Gasteiger partial charge in [-0.2, -0.15) is 15.8 Å². The van der Waals surface area contributed by atoms with Crippen LogP contribution in [0, 0.1) is 56.2 Å². The molecule has 4 atom stereocenters. The van der Waals surface area contributed by atoms with E-state index >= 15 is 0 Å². The zero-order chi connectivity index (χ0) is 17.3. The SMILES string of the molecule is CC=CC1OC2(CCC)OC(=N)C(C#N)(C2CC)C1(C#N)C#N. The van der Waals surface area contributed by atoms with Crippen molar-refractivity contribution in [2.45, 2.75) is 51.9 Å². The van der Waals surface area contributed by atoms with Crippen molar-refractivity contribution in [3.63, 3.8) is 0 Å². The second kappa shape index (κ2) is 5.69. The predicted octanol–water partition coefficient (Wildman–Crippen LogP) is 3.03. The fourth-order valence-electron chi connectivity index (χ4n) is 4.05. The lowest BCUT2D eigenvalue weighted by Crippen LogP contribution is -2.62. The van der Waals surface area contributed by atoms with Crippen LogP contribution in [0.25, 0.3) is 0 Å². The fourth-order valence-corrected chi connectivity index (χ4v) is 4.05. The van der Waals surface area contributed by atoms with E-state index in [1.54, 1.807) is 19.1 Å². The van der Waals surface area contributed by atoms with Gasteiger partial charge in [-0.1, -0.05) is 26.0 Å². The molecule has 2 bridgehead atoms. The Kier molecular flexibility index (Phi) is 4.20. The highest BCUT2D eigenvalue weighted by Crippen LogP contribution is 2.64. The third-order valence-electron chi connectivity index (χ3n) is 4.96. The number of rotatable bonds is 4. The maximum Gasteiger partial charge on any atom is 0.217 e. The molecule has 0 radical (unpaired) electrons. The first kappa shape index (κ1) is 17.0. The third kappa shape index (κ3) is 1.78. The molecule has 0 aliphatic carbocycles. The highest BCUT2D eigenvalue weighted by molar-refractivity contribution is 5.89. The summed E-state index contributed by atoms with van der Waals surface area (Å²) in [5, 5.41) is 37.9. The summed E-state index contributed by atoms with van der Waals surface area (Å²) >= 11 is 0. The van der Waals surface area contributed by atoms with Crippen LogP contribution in [0.2, 0.25) is 0 Å². The van der Waals surface area contributed by atoms with Crippen molar-refractivity contribution in [1.82, 2.24) is 0 Å². The van der Waals surface area contributed by atoms with Gasteiger partial charge in [-0.05, 0) is 19.8 Å². The lowest BCUT2D eigenvalue weighted by atomic mass is 9.53. The number of fused-ring (bicyclic) bond motifs is 2. The van der Waals surface area contributed by atoms with Crippen molar-refractivity contribution in [2.24, 2.45) is 16.7 Å². The van der Waals surface area contributed by atoms with Gasteiger partial charge in [-0.25, -0.2) is 0 Å². The van der Waals surface area contributed by atoms with Crippen LogP contribution in [0.5, 0.6) is 0 Å². The van der Waals surface area contributed by atoms with Gasteiger partial charge in [0.1, 0.15) is 6.10 Å². The first-order chi connectivity index (χ1) is 11.0. The minimum absolute atomic E-state index is 0.324. The molecule has 0 aromatic carbocycles. The summed E-state index contributed by atoms with van der Waals surface area (Å²) in [6.07, 6.45) is 4.09. The molecule has 1 N–H and O–H groups in total. The van der Waals surface area contributed by atoms with Crippen LogP contribution < -0.4 is 0 Å². The van der Waals surface area contributed by atoms with Gasteiger partial charge in [0.05, 0.1) is 24.1 Å². The van der Waals surface area contributed by atoms with Crippen LogP contribution in [-0.2, 0) is 9.47 Å². The summed E-state index contributed by atoms with van der Waals surface area (Å²) in [7, 11) is 0. The van der Waals surface area contributed by atoms with E-state index in [0.29, 0.717) is 12.8 Å². The number of hydrogen-bond donors (Lipinski definition) is 1. The van der Waals surface area contributed by atoms with E-state index in [2.05, 4.69) is 6.07 Å². The van der Waals surface area contributed by atoms with Crippen LogP contribution >= 0.6 is 0 Å². The van der Waals surface area contributed by atoms with Crippen LogP contribution in [0.1, 0.15) is 40.0 Å². The number of hydrogen-bond acceptors (Lipinski definition) is 6. The Hall–Kier alpha value is -2.36. The molecule has 23 heavy (non-hydrogen) atoms. The van der Waals surface area contributed by atoms with Gasteiger partial charge in [0.2, 0.25) is 17.1 Å². The molecular formula is C17H20N4O2. The Bertz CT molecular complexity index is 652. The zero-order valence-corrected chi connectivity index (χ0v) is 13.6. The molecule has 6 nitrogen and oxygen atoms in total. The normalized spacial score (nSPS) is 37.7. The molecule has 6 heteroatoms. The number of nitrogens with zero attached hydrogens (tertiary/aromatic N) is 3. The summed E-state index contributed by atoms with van der Waals surface area (Å²) < 4.78 is 11.8. The van der Waals surface area contributed by atoms with Crippen molar-refractivity contribution in [3.05, 3.63) is 12.2 Å². The molecule has 2 rings (SSSR count). The average Bonchev–Trinajstić information content (AvgIpc) is 2.73. The molecule has 2 aliphatic rings. The maximum absolute atomic E-state index is 9.95. The molecule has 4 unspecified atom stereocenters. The first-order valence-corrected chi connectivity index (χ1v) is 7.80. The van der Waals surface area contributed by atoms with Crippen LogP contribution in [0.15, 0.2) is 12.2 Å². The van der Waals surface area contributed by atoms with E-state index in [-0.39, 0.29) is 5.90 Å². The van der Waals surface area contributed by atoms with Crippen LogP contribution in [0.3, 0.4) is 0 Å². The van der Waals surface area contributed by atoms with Crippen LogP contribution in [-0.4, -0.2) is 17.8 Å². The maximum atomic E-state index is 9.95. The fraction of sp³-hybridized carbons (Fsp3) is 0.647. The first-order valence-electron chi connectivity index (χ1n) is 7.80. The highest BCUT2D eigenvalue weighted by Gasteiger charge is 2.79. The quantitative estimate of drug-likeness (QED) is 0.801. The molecule has 2 saturated heterocycles. The van der Waals surface area contributed by atoms with E-state index in [1.165, 1.54) is 0 Å². The van der Waals surface area contributed by atoms with Gasteiger partial charge >= 0.3 is 0 Å². The smallest absolute Gasteiger partial charge is 0.217 e. The Balaban J connectivity index is 2.82. The van der Waals surface area contributed by atoms with E-state index in [0.717, 1.165) is 6.42 Å². The second-order valence-electron chi connectivity index (χ2n) is 5.97. The summed E-state index contributed by atoms with van der Waals surface area (Å²) in [4.78, 5) is 0. The minimum atomic E-state index is -1.81. The Labute approximate surface area is 136 Å². The molecule has 0 aromatic rings.